The van der Waals surface area contributed by atoms with Crippen LogP contribution in [0.2, 0.25) is 0 Å². The number of nitrogens with zero attached hydrogens (tertiary/aromatic N) is 2. The molecule has 0 aliphatic heterocycles. The summed E-state index contributed by atoms with van der Waals surface area (Å²) in [5, 5.41) is 20.2. The highest BCUT2D eigenvalue weighted by Gasteiger charge is 2.13. The zero-order valence-electron chi connectivity index (χ0n) is 14.2. The monoisotopic (exact) mass is 432 g/mol. The van der Waals surface area contributed by atoms with E-state index in [4.69, 9.17) is 0 Å². The Labute approximate surface area is 163 Å². The number of aromatic nitrogens is 3. The number of nitrogens with one attached hydrogen (secondary N) is 2. The number of thioether (sulfide) groups is 1. The highest BCUT2D eigenvalue weighted by molar-refractivity contribution is 9.10. The van der Waals surface area contributed by atoms with Crippen LogP contribution in [0.4, 0.5) is 5.69 Å². The molecule has 3 aromatic rings. The van der Waals surface area contributed by atoms with Gasteiger partial charge in [-0.05, 0) is 43.7 Å². The number of aromatic amines is 1. The largest absolute Gasteiger partial charge is 0.507 e. The molecule has 0 aliphatic carbocycles. The normalized spacial score (nSPS) is 10.7. The third-order valence-electron chi connectivity index (χ3n) is 3.67. The Bertz CT molecular complexity index is 958. The predicted octanol–water partition coefficient (Wildman–Crippen LogP) is 4.29. The number of aryl methyl sites for hydroxylation is 2. The van der Waals surface area contributed by atoms with Crippen LogP contribution in [-0.2, 0) is 4.79 Å². The smallest absolute Gasteiger partial charge is 0.234 e. The topological polar surface area (TPSA) is 90.9 Å². The molecule has 134 valence electrons. The molecule has 2 aromatic carbocycles. The summed E-state index contributed by atoms with van der Waals surface area (Å²) in [4.78, 5) is 16.5. The second-order valence-corrected chi connectivity index (χ2v) is 7.64. The molecular formula is C18H17BrN4O2S. The molecule has 0 radical (unpaired) electrons. The third kappa shape index (κ3) is 4.44. The minimum Gasteiger partial charge on any atom is -0.507 e. The van der Waals surface area contributed by atoms with Gasteiger partial charge >= 0.3 is 0 Å². The van der Waals surface area contributed by atoms with Gasteiger partial charge in [0.05, 0.1) is 11.3 Å². The summed E-state index contributed by atoms with van der Waals surface area (Å²) in [5.41, 5.74) is 3.52. The van der Waals surface area contributed by atoms with Gasteiger partial charge in [0, 0.05) is 10.2 Å². The molecule has 0 atom stereocenters. The van der Waals surface area contributed by atoms with Gasteiger partial charge in [0.1, 0.15) is 5.75 Å². The van der Waals surface area contributed by atoms with E-state index < -0.39 is 0 Å². The number of phenolic OH excluding ortho intramolecular Hbond substituents is 1. The Kier molecular flexibility index (Phi) is 5.63. The van der Waals surface area contributed by atoms with Crippen LogP contribution in [0.3, 0.4) is 0 Å². The number of carbonyl (C=O) groups excluding carboxylic acids is 1. The Morgan fingerprint density at radius 3 is 2.85 bits per heavy atom. The average molecular weight is 433 g/mol. The molecule has 6 nitrogen and oxygen atoms in total. The van der Waals surface area contributed by atoms with Crippen molar-refractivity contribution in [3.05, 3.63) is 52.0 Å². The molecule has 26 heavy (non-hydrogen) atoms. The van der Waals surface area contributed by atoms with Gasteiger partial charge in [-0.25, -0.2) is 4.98 Å². The van der Waals surface area contributed by atoms with Gasteiger partial charge in [-0.1, -0.05) is 45.4 Å². The number of carbonyl (C=O) groups is 1. The molecule has 1 aromatic heterocycles. The molecular weight excluding hydrogens is 416 g/mol. The van der Waals surface area contributed by atoms with Crippen molar-refractivity contribution in [2.24, 2.45) is 0 Å². The SMILES string of the molecule is Cc1ccc(NC(=O)CSc2n[nH]c(-c3cc(Br)ccc3O)n2)c(C)c1. The van der Waals surface area contributed by atoms with Crippen molar-refractivity contribution in [1.29, 1.82) is 0 Å². The predicted molar refractivity (Wildman–Crippen MR) is 106 cm³/mol. The quantitative estimate of drug-likeness (QED) is 0.523. The van der Waals surface area contributed by atoms with Crippen LogP contribution in [0.25, 0.3) is 11.4 Å². The summed E-state index contributed by atoms with van der Waals surface area (Å²) < 4.78 is 0.823. The summed E-state index contributed by atoms with van der Waals surface area (Å²) in [6, 6.07) is 10.9. The lowest BCUT2D eigenvalue weighted by Crippen LogP contribution is -2.15. The number of halogens is 1. The number of aromatic hydroxyl groups is 1. The van der Waals surface area contributed by atoms with E-state index >= 15 is 0 Å². The fraction of sp³-hybridized carbons (Fsp3) is 0.167. The molecule has 0 saturated carbocycles. The highest BCUT2D eigenvalue weighted by Crippen LogP contribution is 2.30. The maximum atomic E-state index is 12.2. The first kappa shape index (κ1) is 18.5. The molecule has 8 heteroatoms. The van der Waals surface area contributed by atoms with E-state index in [2.05, 4.69) is 36.4 Å². The van der Waals surface area contributed by atoms with Crippen LogP contribution in [-0.4, -0.2) is 31.9 Å². The number of phenols is 1. The summed E-state index contributed by atoms with van der Waals surface area (Å²) >= 11 is 4.58. The van der Waals surface area contributed by atoms with Crippen molar-refractivity contribution < 1.29 is 9.90 Å². The summed E-state index contributed by atoms with van der Waals surface area (Å²) in [5.74, 6) is 0.614. The molecule has 0 fully saturated rings. The van der Waals surface area contributed by atoms with E-state index in [9.17, 15) is 9.90 Å². The van der Waals surface area contributed by atoms with Crippen LogP contribution < -0.4 is 5.32 Å². The Morgan fingerprint density at radius 2 is 2.08 bits per heavy atom. The number of H-pyrrole nitrogens is 1. The van der Waals surface area contributed by atoms with Crippen molar-refractivity contribution in [2.45, 2.75) is 19.0 Å². The van der Waals surface area contributed by atoms with Gasteiger partial charge in [-0.15, -0.1) is 5.10 Å². The maximum Gasteiger partial charge on any atom is 0.234 e. The van der Waals surface area contributed by atoms with Crippen LogP contribution in [0.5, 0.6) is 5.75 Å². The molecule has 1 heterocycles. The van der Waals surface area contributed by atoms with Crippen molar-refractivity contribution in [3.63, 3.8) is 0 Å². The van der Waals surface area contributed by atoms with Crippen molar-refractivity contribution >= 4 is 39.3 Å². The van der Waals surface area contributed by atoms with E-state index in [1.54, 1.807) is 18.2 Å². The lowest BCUT2D eigenvalue weighted by molar-refractivity contribution is -0.113. The lowest BCUT2D eigenvalue weighted by Gasteiger charge is -2.08. The molecule has 0 unspecified atom stereocenters. The van der Waals surface area contributed by atoms with Gasteiger partial charge in [0.25, 0.3) is 0 Å². The van der Waals surface area contributed by atoms with Gasteiger partial charge in [0.15, 0.2) is 5.82 Å². The van der Waals surface area contributed by atoms with Gasteiger partial charge in [-0.3, -0.25) is 9.89 Å². The number of anilines is 1. The van der Waals surface area contributed by atoms with Crippen molar-refractivity contribution in [3.8, 4) is 17.1 Å². The van der Waals surface area contributed by atoms with Crippen LogP contribution in [0.15, 0.2) is 46.0 Å². The average Bonchev–Trinajstić information content (AvgIpc) is 3.06. The second kappa shape index (κ2) is 7.92. The molecule has 0 bridgehead atoms. The standard InChI is InChI=1S/C18H17BrN4O2S/c1-10-3-5-14(11(2)7-10)20-16(25)9-26-18-21-17(22-23-18)13-8-12(19)4-6-15(13)24/h3-8,24H,9H2,1-2H3,(H,20,25)(H,21,22,23). The van der Waals surface area contributed by atoms with Crippen LogP contribution in [0.1, 0.15) is 11.1 Å². The van der Waals surface area contributed by atoms with Crippen molar-refractivity contribution in [2.75, 3.05) is 11.1 Å². The lowest BCUT2D eigenvalue weighted by atomic mass is 10.1. The van der Waals surface area contributed by atoms with Crippen LogP contribution in [0, 0.1) is 13.8 Å². The Hall–Kier alpha value is -2.32. The minimum absolute atomic E-state index is 0.105. The summed E-state index contributed by atoms with van der Waals surface area (Å²) in [6.07, 6.45) is 0. The van der Waals surface area contributed by atoms with Gasteiger partial charge in [-0.2, -0.15) is 0 Å². The summed E-state index contributed by atoms with van der Waals surface area (Å²) in [6.45, 7) is 3.97. The zero-order chi connectivity index (χ0) is 18.7. The number of hydrogen-bond acceptors (Lipinski definition) is 5. The first-order valence-electron chi connectivity index (χ1n) is 7.83. The molecule has 1 amide bonds. The molecule has 3 N–H and O–H groups in total. The molecule has 0 aliphatic rings. The fourth-order valence-electron chi connectivity index (χ4n) is 2.40. The first-order valence-corrected chi connectivity index (χ1v) is 9.61. The number of rotatable bonds is 5. The van der Waals surface area contributed by atoms with E-state index in [1.807, 2.05) is 32.0 Å². The van der Waals surface area contributed by atoms with E-state index in [0.29, 0.717) is 16.5 Å². The van der Waals surface area contributed by atoms with Gasteiger partial charge < -0.3 is 10.4 Å². The number of amides is 1. The fourth-order valence-corrected chi connectivity index (χ4v) is 3.36. The highest BCUT2D eigenvalue weighted by atomic mass is 79.9. The number of benzene rings is 2. The van der Waals surface area contributed by atoms with E-state index in [1.165, 1.54) is 11.8 Å². The minimum atomic E-state index is -0.126. The van der Waals surface area contributed by atoms with E-state index in [0.717, 1.165) is 21.3 Å². The maximum absolute atomic E-state index is 12.2. The van der Waals surface area contributed by atoms with Gasteiger partial charge in [0.2, 0.25) is 11.1 Å². The second-order valence-electron chi connectivity index (χ2n) is 5.78. The Balaban J connectivity index is 1.62. The van der Waals surface area contributed by atoms with E-state index in [-0.39, 0.29) is 17.4 Å². The first-order chi connectivity index (χ1) is 12.4. The van der Waals surface area contributed by atoms with Crippen LogP contribution >= 0.6 is 27.7 Å². The molecule has 3 rings (SSSR count). The number of hydrogen-bond donors (Lipinski definition) is 3. The Morgan fingerprint density at radius 1 is 1.27 bits per heavy atom. The molecule has 0 saturated heterocycles. The molecule has 0 spiro atoms. The third-order valence-corrected chi connectivity index (χ3v) is 5.01. The zero-order valence-corrected chi connectivity index (χ0v) is 16.6. The van der Waals surface area contributed by atoms with Crippen molar-refractivity contribution in [1.82, 2.24) is 15.2 Å². The summed E-state index contributed by atoms with van der Waals surface area (Å²) in [7, 11) is 0.